The Morgan fingerprint density at radius 2 is 2.22 bits per heavy atom. The number of hydrogen-bond acceptors (Lipinski definition) is 5. The van der Waals surface area contributed by atoms with Crippen molar-refractivity contribution in [2.45, 2.75) is 33.2 Å². The molecule has 2 aromatic rings. The first-order chi connectivity index (χ1) is 8.70. The molecule has 1 N–H and O–H groups in total. The molecule has 1 unspecified atom stereocenters. The number of nitrogens with zero attached hydrogens (tertiary/aromatic N) is 2. The SMILES string of the molecule is CCNC(Cc1nc(-c2ccoc2)no1)C(C)C. The molecule has 0 aliphatic carbocycles. The third kappa shape index (κ3) is 2.98. The van der Waals surface area contributed by atoms with Crippen LogP contribution in [0.25, 0.3) is 11.4 Å². The van der Waals surface area contributed by atoms with Crippen molar-refractivity contribution in [3.05, 3.63) is 24.5 Å². The standard InChI is InChI=1S/C13H19N3O2/c1-4-14-11(9(2)3)7-12-15-13(16-18-12)10-5-6-17-8-10/h5-6,8-9,11,14H,4,7H2,1-3H3. The van der Waals surface area contributed by atoms with Crippen molar-refractivity contribution in [1.29, 1.82) is 0 Å². The summed E-state index contributed by atoms with van der Waals surface area (Å²) in [5.74, 6) is 1.76. The summed E-state index contributed by atoms with van der Waals surface area (Å²) in [4.78, 5) is 4.38. The van der Waals surface area contributed by atoms with Gasteiger partial charge in [0, 0.05) is 12.5 Å². The van der Waals surface area contributed by atoms with Gasteiger partial charge in [0.05, 0.1) is 11.8 Å². The highest BCUT2D eigenvalue weighted by Gasteiger charge is 2.17. The van der Waals surface area contributed by atoms with Crippen molar-refractivity contribution < 1.29 is 8.94 Å². The van der Waals surface area contributed by atoms with E-state index in [2.05, 4.69) is 36.2 Å². The van der Waals surface area contributed by atoms with E-state index in [0.717, 1.165) is 18.5 Å². The quantitative estimate of drug-likeness (QED) is 0.852. The van der Waals surface area contributed by atoms with E-state index in [1.165, 1.54) is 0 Å². The molecule has 0 spiro atoms. The van der Waals surface area contributed by atoms with Crippen molar-refractivity contribution in [2.24, 2.45) is 5.92 Å². The van der Waals surface area contributed by atoms with Crippen molar-refractivity contribution >= 4 is 0 Å². The van der Waals surface area contributed by atoms with Gasteiger partial charge in [0.2, 0.25) is 11.7 Å². The Labute approximate surface area is 107 Å². The fourth-order valence-electron chi connectivity index (χ4n) is 1.84. The van der Waals surface area contributed by atoms with E-state index in [1.54, 1.807) is 12.5 Å². The first-order valence-corrected chi connectivity index (χ1v) is 6.29. The zero-order chi connectivity index (χ0) is 13.0. The lowest BCUT2D eigenvalue weighted by Gasteiger charge is -2.19. The molecule has 2 aromatic heterocycles. The normalized spacial score (nSPS) is 13.1. The molecule has 18 heavy (non-hydrogen) atoms. The molecule has 0 fully saturated rings. The minimum atomic E-state index is 0.354. The number of hydrogen-bond donors (Lipinski definition) is 1. The average molecular weight is 249 g/mol. The Hall–Kier alpha value is -1.62. The van der Waals surface area contributed by atoms with Crippen molar-refractivity contribution in [2.75, 3.05) is 6.54 Å². The molecule has 5 heteroatoms. The second kappa shape index (κ2) is 5.82. The van der Waals surface area contributed by atoms with Crippen LogP contribution in [-0.2, 0) is 6.42 Å². The van der Waals surface area contributed by atoms with Gasteiger partial charge in [0.15, 0.2) is 0 Å². The maximum absolute atomic E-state index is 5.27. The predicted octanol–water partition coefficient (Wildman–Crippen LogP) is 2.51. The van der Waals surface area contributed by atoms with E-state index in [4.69, 9.17) is 8.94 Å². The lowest BCUT2D eigenvalue weighted by atomic mass is 10.0. The lowest BCUT2D eigenvalue weighted by Crippen LogP contribution is -2.35. The molecule has 0 bridgehead atoms. The van der Waals surface area contributed by atoms with Crippen molar-refractivity contribution in [3.63, 3.8) is 0 Å². The van der Waals surface area contributed by atoms with Crippen LogP contribution < -0.4 is 5.32 Å². The fraction of sp³-hybridized carbons (Fsp3) is 0.538. The largest absolute Gasteiger partial charge is 0.472 e. The van der Waals surface area contributed by atoms with E-state index in [-0.39, 0.29) is 0 Å². The van der Waals surface area contributed by atoms with Crippen LogP contribution in [0, 0.1) is 5.92 Å². The van der Waals surface area contributed by atoms with Gasteiger partial charge in [-0.15, -0.1) is 0 Å². The third-order valence-electron chi connectivity index (χ3n) is 2.91. The summed E-state index contributed by atoms with van der Waals surface area (Å²) < 4.78 is 10.3. The molecular formula is C13H19N3O2. The number of rotatable bonds is 6. The van der Waals surface area contributed by atoms with Gasteiger partial charge in [-0.1, -0.05) is 25.9 Å². The smallest absolute Gasteiger partial charge is 0.228 e. The van der Waals surface area contributed by atoms with E-state index in [1.807, 2.05) is 6.07 Å². The lowest BCUT2D eigenvalue weighted by molar-refractivity contribution is 0.329. The molecule has 0 aliphatic rings. The number of nitrogens with one attached hydrogen (secondary N) is 1. The van der Waals surface area contributed by atoms with Gasteiger partial charge < -0.3 is 14.3 Å². The maximum atomic E-state index is 5.27. The molecular weight excluding hydrogens is 230 g/mol. The first-order valence-electron chi connectivity index (χ1n) is 6.29. The predicted molar refractivity (Wildman–Crippen MR) is 68.0 cm³/mol. The molecule has 5 nitrogen and oxygen atoms in total. The summed E-state index contributed by atoms with van der Waals surface area (Å²) in [6.07, 6.45) is 3.95. The Balaban J connectivity index is 2.06. The molecule has 0 aliphatic heterocycles. The highest BCUT2D eigenvalue weighted by Crippen LogP contribution is 2.17. The summed E-state index contributed by atoms with van der Waals surface area (Å²) in [6, 6.07) is 2.17. The van der Waals surface area contributed by atoms with Crippen LogP contribution in [0.2, 0.25) is 0 Å². The summed E-state index contributed by atoms with van der Waals surface area (Å²) in [5.41, 5.74) is 0.842. The van der Waals surface area contributed by atoms with Gasteiger partial charge in [-0.3, -0.25) is 0 Å². The van der Waals surface area contributed by atoms with Crippen LogP contribution in [0.1, 0.15) is 26.7 Å². The average Bonchev–Trinajstić information content (AvgIpc) is 2.98. The van der Waals surface area contributed by atoms with Crippen LogP contribution in [0.5, 0.6) is 0 Å². The summed E-state index contributed by atoms with van der Waals surface area (Å²) in [5, 5.41) is 7.39. The Morgan fingerprint density at radius 1 is 1.39 bits per heavy atom. The second-order valence-corrected chi connectivity index (χ2v) is 4.64. The molecule has 0 saturated heterocycles. The Kier molecular flexibility index (Phi) is 4.15. The fourth-order valence-corrected chi connectivity index (χ4v) is 1.84. The van der Waals surface area contributed by atoms with E-state index < -0.39 is 0 Å². The van der Waals surface area contributed by atoms with Gasteiger partial charge in [-0.2, -0.15) is 4.98 Å². The molecule has 0 radical (unpaired) electrons. The monoisotopic (exact) mass is 249 g/mol. The molecule has 0 saturated carbocycles. The molecule has 2 rings (SSSR count). The van der Waals surface area contributed by atoms with Gasteiger partial charge in [-0.05, 0) is 18.5 Å². The minimum absolute atomic E-state index is 0.354. The maximum Gasteiger partial charge on any atom is 0.228 e. The topological polar surface area (TPSA) is 64.1 Å². The van der Waals surface area contributed by atoms with Crippen LogP contribution in [0.15, 0.2) is 27.5 Å². The zero-order valence-electron chi connectivity index (χ0n) is 11.0. The molecule has 0 amide bonds. The minimum Gasteiger partial charge on any atom is -0.472 e. The van der Waals surface area contributed by atoms with Gasteiger partial charge >= 0.3 is 0 Å². The number of furan rings is 1. The molecule has 98 valence electrons. The van der Waals surface area contributed by atoms with Crippen molar-refractivity contribution in [1.82, 2.24) is 15.5 Å². The Morgan fingerprint density at radius 3 is 2.83 bits per heavy atom. The third-order valence-corrected chi connectivity index (χ3v) is 2.91. The van der Waals surface area contributed by atoms with Crippen LogP contribution in [0.3, 0.4) is 0 Å². The first kappa shape index (κ1) is 12.8. The second-order valence-electron chi connectivity index (χ2n) is 4.64. The Bertz CT molecular complexity index is 462. The highest BCUT2D eigenvalue weighted by molar-refractivity contribution is 5.51. The summed E-state index contributed by atoms with van der Waals surface area (Å²) >= 11 is 0. The molecule has 1 atom stereocenters. The van der Waals surface area contributed by atoms with Crippen molar-refractivity contribution in [3.8, 4) is 11.4 Å². The van der Waals surface area contributed by atoms with Gasteiger partial charge in [0.25, 0.3) is 0 Å². The van der Waals surface area contributed by atoms with Gasteiger partial charge in [-0.25, -0.2) is 0 Å². The van der Waals surface area contributed by atoms with E-state index in [0.29, 0.717) is 23.7 Å². The van der Waals surface area contributed by atoms with Crippen LogP contribution in [0.4, 0.5) is 0 Å². The zero-order valence-corrected chi connectivity index (χ0v) is 11.0. The number of likely N-dealkylation sites (N-methyl/N-ethyl adjacent to an activating group) is 1. The molecule has 0 aromatic carbocycles. The highest BCUT2D eigenvalue weighted by atomic mass is 16.5. The van der Waals surface area contributed by atoms with Crippen LogP contribution >= 0.6 is 0 Å². The van der Waals surface area contributed by atoms with Crippen LogP contribution in [-0.4, -0.2) is 22.7 Å². The molecule has 2 heterocycles. The summed E-state index contributed by atoms with van der Waals surface area (Å²) in [6.45, 7) is 7.40. The number of aromatic nitrogens is 2. The van der Waals surface area contributed by atoms with E-state index >= 15 is 0 Å². The summed E-state index contributed by atoms with van der Waals surface area (Å²) in [7, 11) is 0. The van der Waals surface area contributed by atoms with E-state index in [9.17, 15) is 0 Å². The van der Waals surface area contributed by atoms with Gasteiger partial charge in [0.1, 0.15) is 6.26 Å².